The first-order chi connectivity index (χ1) is 8.34. The van der Waals surface area contributed by atoms with Gasteiger partial charge in [-0.05, 0) is 30.5 Å². The highest BCUT2D eigenvalue weighted by Gasteiger charge is 2.21. The molecule has 1 N–H and O–H groups in total. The van der Waals surface area contributed by atoms with Crippen molar-refractivity contribution >= 4 is 17.4 Å². The van der Waals surface area contributed by atoms with Gasteiger partial charge in [0.05, 0.1) is 0 Å². The lowest BCUT2D eigenvalue weighted by molar-refractivity contribution is 0.513. The fraction of sp³-hybridized carbons (Fsp3) is 0.571. The number of anilines is 1. The van der Waals surface area contributed by atoms with Gasteiger partial charge in [-0.15, -0.1) is 0 Å². The van der Waals surface area contributed by atoms with Crippen LogP contribution in [0.1, 0.15) is 18.1 Å². The number of nitrogens with zero attached hydrogens (tertiary/aromatic N) is 1. The molecule has 0 saturated carbocycles. The molecular weight excluding hydrogens is 228 g/mol. The van der Waals surface area contributed by atoms with Crippen LogP contribution < -0.4 is 10.2 Å². The lowest BCUT2D eigenvalue weighted by Gasteiger charge is -2.33. The Morgan fingerprint density at radius 2 is 2.12 bits per heavy atom. The second-order valence-electron chi connectivity index (χ2n) is 5.00. The minimum atomic E-state index is 0.614. The quantitative estimate of drug-likeness (QED) is 0.821. The molecule has 1 saturated heterocycles. The Balaban J connectivity index is 1.93. The van der Waals surface area contributed by atoms with Crippen molar-refractivity contribution in [3.63, 3.8) is 0 Å². The van der Waals surface area contributed by atoms with Crippen molar-refractivity contribution in [1.29, 1.82) is 0 Å². The van der Waals surface area contributed by atoms with Crippen LogP contribution in [-0.2, 0) is 13.0 Å². The molecule has 1 aromatic carbocycles. The second-order valence-corrected chi connectivity index (χ2v) is 6.23. The number of nitrogens with one attached hydrogen (secondary N) is 1. The molecule has 2 heterocycles. The molecule has 3 rings (SSSR count). The lowest BCUT2D eigenvalue weighted by atomic mass is 9.94. The van der Waals surface area contributed by atoms with Crippen molar-refractivity contribution in [1.82, 2.24) is 5.32 Å². The van der Waals surface area contributed by atoms with Crippen LogP contribution in [0.3, 0.4) is 0 Å². The number of rotatable bonds is 1. The Kier molecular flexibility index (Phi) is 3.30. The SMILES string of the molecule is CC1Cc2c(cccc2N2CCSCC2)CN1. The van der Waals surface area contributed by atoms with Crippen LogP contribution in [0.4, 0.5) is 5.69 Å². The normalized spacial score (nSPS) is 24.5. The van der Waals surface area contributed by atoms with Crippen LogP contribution >= 0.6 is 11.8 Å². The lowest BCUT2D eigenvalue weighted by Crippen LogP contribution is -2.37. The maximum absolute atomic E-state index is 3.55. The van der Waals surface area contributed by atoms with Crippen LogP contribution in [0, 0.1) is 0 Å². The monoisotopic (exact) mass is 248 g/mol. The Morgan fingerprint density at radius 3 is 2.94 bits per heavy atom. The maximum Gasteiger partial charge on any atom is 0.0403 e. The molecule has 1 atom stereocenters. The predicted octanol–water partition coefficient (Wildman–Crippen LogP) is 2.27. The largest absolute Gasteiger partial charge is 0.370 e. The summed E-state index contributed by atoms with van der Waals surface area (Å²) >= 11 is 2.08. The molecule has 3 heteroatoms. The number of hydrogen-bond donors (Lipinski definition) is 1. The van der Waals surface area contributed by atoms with E-state index >= 15 is 0 Å². The van der Waals surface area contributed by atoms with E-state index in [2.05, 4.69) is 47.1 Å². The molecule has 92 valence electrons. The Morgan fingerprint density at radius 1 is 1.29 bits per heavy atom. The Hall–Kier alpha value is -0.670. The van der Waals surface area contributed by atoms with Gasteiger partial charge in [0.1, 0.15) is 0 Å². The second kappa shape index (κ2) is 4.91. The Labute approximate surface area is 108 Å². The summed E-state index contributed by atoms with van der Waals surface area (Å²) in [6, 6.07) is 7.42. The predicted molar refractivity (Wildman–Crippen MR) is 76.0 cm³/mol. The average Bonchev–Trinajstić information content (AvgIpc) is 2.39. The Bertz CT molecular complexity index is 399. The first-order valence-electron chi connectivity index (χ1n) is 6.51. The zero-order chi connectivity index (χ0) is 11.7. The molecule has 1 unspecified atom stereocenters. The smallest absolute Gasteiger partial charge is 0.0403 e. The van der Waals surface area contributed by atoms with Crippen LogP contribution in [-0.4, -0.2) is 30.6 Å². The van der Waals surface area contributed by atoms with Gasteiger partial charge in [0.2, 0.25) is 0 Å². The van der Waals surface area contributed by atoms with E-state index in [-0.39, 0.29) is 0 Å². The van der Waals surface area contributed by atoms with E-state index in [1.807, 2.05) is 0 Å². The molecule has 0 aromatic heterocycles. The summed E-state index contributed by atoms with van der Waals surface area (Å²) in [4.78, 5) is 2.58. The maximum atomic E-state index is 3.55. The fourth-order valence-corrected chi connectivity index (χ4v) is 3.69. The summed E-state index contributed by atoms with van der Waals surface area (Å²) in [5.74, 6) is 2.55. The van der Waals surface area contributed by atoms with E-state index in [0.29, 0.717) is 6.04 Å². The van der Waals surface area contributed by atoms with Crippen LogP contribution in [0.15, 0.2) is 18.2 Å². The summed E-state index contributed by atoms with van der Waals surface area (Å²) in [7, 11) is 0. The highest BCUT2D eigenvalue weighted by Crippen LogP contribution is 2.29. The van der Waals surface area contributed by atoms with E-state index in [4.69, 9.17) is 0 Å². The van der Waals surface area contributed by atoms with Crippen molar-refractivity contribution in [3.8, 4) is 0 Å². The van der Waals surface area contributed by atoms with Gasteiger partial charge in [0.25, 0.3) is 0 Å². The van der Waals surface area contributed by atoms with Crippen molar-refractivity contribution in [2.45, 2.75) is 25.9 Å². The molecule has 0 bridgehead atoms. The highest BCUT2D eigenvalue weighted by molar-refractivity contribution is 7.99. The average molecular weight is 248 g/mol. The van der Waals surface area contributed by atoms with Crippen LogP contribution in [0.25, 0.3) is 0 Å². The van der Waals surface area contributed by atoms with E-state index in [1.54, 1.807) is 5.56 Å². The summed E-state index contributed by atoms with van der Waals surface area (Å²) in [5, 5.41) is 3.55. The zero-order valence-electron chi connectivity index (χ0n) is 10.4. The molecule has 1 aromatic rings. The highest BCUT2D eigenvalue weighted by atomic mass is 32.2. The molecule has 1 fully saturated rings. The van der Waals surface area contributed by atoms with E-state index in [0.717, 1.165) is 6.54 Å². The van der Waals surface area contributed by atoms with Gasteiger partial charge in [0.15, 0.2) is 0 Å². The topological polar surface area (TPSA) is 15.3 Å². The number of benzene rings is 1. The summed E-state index contributed by atoms with van der Waals surface area (Å²) in [6.45, 7) is 5.74. The van der Waals surface area contributed by atoms with Gasteiger partial charge in [-0.1, -0.05) is 12.1 Å². The van der Waals surface area contributed by atoms with Crippen molar-refractivity contribution in [2.75, 3.05) is 29.5 Å². The molecule has 0 radical (unpaired) electrons. The van der Waals surface area contributed by atoms with Crippen LogP contribution in [0.2, 0.25) is 0 Å². The fourth-order valence-electron chi connectivity index (χ4n) is 2.79. The minimum Gasteiger partial charge on any atom is -0.370 e. The molecule has 0 amide bonds. The molecule has 2 aliphatic rings. The first kappa shape index (κ1) is 11.4. The third-order valence-corrected chi connectivity index (χ3v) is 4.69. The van der Waals surface area contributed by atoms with Gasteiger partial charge in [-0.25, -0.2) is 0 Å². The van der Waals surface area contributed by atoms with Crippen molar-refractivity contribution in [3.05, 3.63) is 29.3 Å². The van der Waals surface area contributed by atoms with E-state index in [9.17, 15) is 0 Å². The first-order valence-corrected chi connectivity index (χ1v) is 7.67. The standard InChI is InChI=1S/C14H20N2S/c1-11-9-13-12(10-15-11)3-2-4-14(13)16-5-7-17-8-6-16/h2-4,11,15H,5-10H2,1H3. The molecular formula is C14H20N2S. The van der Waals surface area contributed by atoms with E-state index < -0.39 is 0 Å². The third kappa shape index (κ3) is 2.31. The van der Waals surface area contributed by atoms with Crippen LogP contribution in [0.5, 0.6) is 0 Å². The molecule has 2 nitrogen and oxygen atoms in total. The van der Waals surface area contributed by atoms with Gasteiger partial charge in [0, 0.05) is 42.9 Å². The summed E-state index contributed by atoms with van der Waals surface area (Å²) in [6.07, 6.45) is 1.18. The number of hydrogen-bond acceptors (Lipinski definition) is 3. The number of fused-ring (bicyclic) bond motifs is 1. The van der Waals surface area contributed by atoms with E-state index in [1.165, 1.54) is 42.3 Å². The van der Waals surface area contributed by atoms with Gasteiger partial charge in [-0.3, -0.25) is 0 Å². The number of thioether (sulfide) groups is 1. The van der Waals surface area contributed by atoms with Gasteiger partial charge < -0.3 is 10.2 Å². The minimum absolute atomic E-state index is 0.614. The van der Waals surface area contributed by atoms with Gasteiger partial charge in [-0.2, -0.15) is 11.8 Å². The molecule has 17 heavy (non-hydrogen) atoms. The molecule has 0 aliphatic carbocycles. The van der Waals surface area contributed by atoms with Gasteiger partial charge >= 0.3 is 0 Å². The molecule has 2 aliphatic heterocycles. The zero-order valence-corrected chi connectivity index (χ0v) is 11.2. The summed E-state index contributed by atoms with van der Waals surface area (Å²) in [5.41, 5.74) is 4.58. The van der Waals surface area contributed by atoms with Crippen molar-refractivity contribution < 1.29 is 0 Å². The third-order valence-electron chi connectivity index (χ3n) is 3.75. The molecule has 0 spiro atoms. The van der Waals surface area contributed by atoms with Crippen molar-refractivity contribution in [2.24, 2.45) is 0 Å². The summed E-state index contributed by atoms with van der Waals surface area (Å²) < 4.78 is 0.